The quantitative estimate of drug-likeness (QED) is 0.761. The molecule has 1 aliphatic heterocycles. The van der Waals surface area contributed by atoms with Crippen LogP contribution in [0, 0.1) is 5.92 Å². The molecule has 0 radical (unpaired) electrons. The van der Waals surface area contributed by atoms with Gasteiger partial charge in [-0.3, -0.25) is 4.79 Å². The van der Waals surface area contributed by atoms with Crippen molar-refractivity contribution in [2.45, 2.75) is 45.8 Å². The lowest BCUT2D eigenvalue weighted by Crippen LogP contribution is -2.39. The monoisotopic (exact) mass is 242 g/mol. The molecule has 5 heteroatoms. The first-order valence-corrected chi connectivity index (χ1v) is 6.00. The Hall–Kier alpha value is -1.26. The van der Waals surface area contributed by atoms with Crippen LogP contribution in [0.1, 0.15) is 34.1 Å². The predicted octanol–water partition coefficient (Wildman–Crippen LogP) is 1.38. The lowest BCUT2D eigenvalue weighted by atomic mass is 10.1. The van der Waals surface area contributed by atoms with Crippen LogP contribution >= 0.6 is 0 Å². The van der Waals surface area contributed by atoms with Gasteiger partial charge in [0.25, 0.3) is 0 Å². The van der Waals surface area contributed by atoms with Crippen molar-refractivity contribution in [2.24, 2.45) is 5.92 Å². The molecule has 0 aliphatic carbocycles. The Morgan fingerprint density at radius 1 is 1.53 bits per heavy atom. The number of hydrogen-bond donors (Lipinski definition) is 1. The Bertz CT molecular complexity index is 286. The summed E-state index contributed by atoms with van der Waals surface area (Å²) in [4.78, 5) is 23.9. The van der Waals surface area contributed by atoms with E-state index in [4.69, 9.17) is 4.74 Å². The molecule has 98 valence electrons. The third kappa shape index (κ3) is 4.24. The highest BCUT2D eigenvalue weighted by atomic mass is 16.6. The van der Waals surface area contributed by atoms with E-state index in [9.17, 15) is 9.59 Å². The summed E-state index contributed by atoms with van der Waals surface area (Å²) < 4.78 is 5.34. The van der Waals surface area contributed by atoms with E-state index in [1.807, 2.05) is 27.7 Å². The first kappa shape index (κ1) is 13.8. The van der Waals surface area contributed by atoms with Gasteiger partial charge in [-0.1, -0.05) is 0 Å². The average Bonchev–Trinajstić information content (AvgIpc) is 2.54. The maximum atomic E-state index is 11.9. The van der Waals surface area contributed by atoms with Crippen LogP contribution < -0.4 is 5.32 Å². The molecule has 1 heterocycles. The van der Waals surface area contributed by atoms with Crippen LogP contribution in [0.25, 0.3) is 0 Å². The fraction of sp³-hybridized carbons (Fsp3) is 0.833. The molecule has 0 aromatic heterocycles. The summed E-state index contributed by atoms with van der Waals surface area (Å²) in [6.45, 7) is 8.85. The van der Waals surface area contributed by atoms with Crippen molar-refractivity contribution in [1.82, 2.24) is 10.2 Å². The van der Waals surface area contributed by atoms with Gasteiger partial charge in [-0.05, 0) is 40.0 Å². The van der Waals surface area contributed by atoms with E-state index >= 15 is 0 Å². The first-order valence-electron chi connectivity index (χ1n) is 6.00. The molecule has 0 aromatic carbocycles. The molecule has 0 spiro atoms. The smallest absolute Gasteiger partial charge is 0.410 e. The molecule has 0 saturated carbocycles. The second kappa shape index (κ2) is 5.38. The molecule has 17 heavy (non-hydrogen) atoms. The van der Waals surface area contributed by atoms with Gasteiger partial charge in [-0.2, -0.15) is 0 Å². The fourth-order valence-corrected chi connectivity index (χ4v) is 2.08. The van der Waals surface area contributed by atoms with E-state index in [0.29, 0.717) is 25.4 Å². The molecule has 2 amide bonds. The predicted molar refractivity (Wildman–Crippen MR) is 64.6 cm³/mol. The normalized spacial score (nSPS) is 24.6. The SMILES string of the molecule is C[C@@H]1C[C@H](CNC=O)CN1C(=O)OC(C)(C)C. The van der Waals surface area contributed by atoms with Crippen LogP contribution in [0.15, 0.2) is 0 Å². The van der Waals surface area contributed by atoms with Crippen molar-refractivity contribution >= 4 is 12.5 Å². The maximum absolute atomic E-state index is 11.9. The van der Waals surface area contributed by atoms with Gasteiger partial charge >= 0.3 is 6.09 Å². The zero-order chi connectivity index (χ0) is 13.1. The van der Waals surface area contributed by atoms with E-state index in [0.717, 1.165) is 6.42 Å². The van der Waals surface area contributed by atoms with Gasteiger partial charge in [-0.25, -0.2) is 4.79 Å². The second-order valence-corrected chi connectivity index (χ2v) is 5.61. The van der Waals surface area contributed by atoms with Crippen LogP contribution in [-0.2, 0) is 9.53 Å². The van der Waals surface area contributed by atoms with Crippen LogP contribution in [0.3, 0.4) is 0 Å². The van der Waals surface area contributed by atoms with Crippen molar-refractivity contribution in [2.75, 3.05) is 13.1 Å². The molecule has 0 aromatic rings. The van der Waals surface area contributed by atoms with E-state index in [1.165, 1.54) is 0 Å². The number of amides is 2. The largest absolute Gasteiger partial charge is 0.444 e. The molecule has 5 nitrogen and oxygen atoms in total. The summed E-state index contributed by atoms with van der Waals surface area (Å²) in [7, 11) is 0. The Morgan fingerprint density at radius 3 is 2.71 bits per heavy atom. The first-order chi connectivity index (χ1) is 7.83. The Labute approximate surface area is 102 Å². The topological polar surface area (TPSA) is 58.6 Å². The lowest BCUT2D eigenvalue weighted by molar-refractivity contribution is -0.109. The van der Waals surface area contributed by atoms with Gasteiger partial charge in [0.05, 0.1) is 0 Å². The molecule has 1 N–H and O–H groups in total. The summed E-state index contributed by atoms with van der Waals surface area (Å²) in [6, 6.07) is 0.170. The van der Waals surface area contributed by atoms with Gasteiger partial charge in [-0.15, -0.1) is 0 Å². The van der Waals surface area contributed by atoms with Crippen LogP contribution in [0.2, 0.25) is 0 Å². The third-order valence-corrected chi connectivity index (χ3v) is 2.78. The molecule has 1 fully saturated rings. The molecular formula is C12H22N2O3. The van der Waals surface area contributed by atoms with Crippen molar-refractivity contribution in [3.8, 4) is 0 Å². The number of hydrogen-bond acceptors (Lipinski definition) is 3. The molecule has 1 aliphatic rings. The van der Waals surface area contributed by atoms with E-state index in [1.54, 1.807) is 4.90 Å². The zero-order valence-corrected chi connectivity index (χ0v) is 11.0. The van der Waals surface area contributed by atoms with Crippen LogP contribution in [0.4, 0.5) is 4.79 Å². The number of nitrogens with zero attached hydrogens (tertiary/aromatic N) is 1. The number of ether oxygens (including phenoxy) is 1. The highest BCUT2D eigenvalue weighted by Crippen LogP contribution is 2.24. The number of rotatable bonds is 3. The summed E-state index contributed by atoms with van der Waals surface area (Å²) in [5.41, 5.74) is -0.462. The Kier molecular flexibility index (Phi) is 4.37. The molecule has 0 unspecified atom stereocenters. The van der Waals surface area contributed by atoms with Crippen molar-refractivity contribution < 1.29 is 14.3 Å². The van der Waals surface area contributed by atoms with Crippen molar-refractivity contribution in [3.63, 3.8) is 0 Å². The number of carbonyl (C=O) groups excluding carboxylic acids is 2. The zero-order valence-electron chi connectivity index (χ0n) is 11.0. The summed E-state index contributed by atoms with van der Waals surface area (Å²) >= 11 is 0. The van der Waals surface area contributed by atoms with Gasteiger partial charge in [0, 0.05) is 19.1 Å². The minimum atomic E-state index is -0.462. The molecule has 1 rings (SSSR count). The van der Waals surface area contributed by atoms with Gasteiger partial charge < -0.3 is 15.0 Å². The number of nitrogens with one attached hydrogen (secondary N) is 1. The minimum Gasteiger partial charge on any atom is -0.444 e. The summed E-state index contributed by atoms with van der Waals surface area (Å²) in [5.74, 6) is 0.322. The summed E-state index contributed by atoms with van der Waals surface area (Å²) in [5, 5.41) is 2.66. The number of likely N-dealkylation sites (tertiary alicyclic amines) is 1. The summed E-state index contributed by atoms with van der Waals surface area (Å²) in [6.07, 6.45) is 1.33. The number of carbonyl (C=O) groups is 2. The van der Waals surface area contributed by atoms with Crippen molar-refractivity contribution in [1.29, 1.82) is 0 Å². The van der Waals surface area contributed by atoms with Gasteiger partial charge in [0.2, 0.25) is 6.41 Å². The Morgan fingerprint density at radius 2 is 2.18 bits per heavy atom. The van der Waals surface area contributed by atoms with Crippen LogP contribution in [0.5, 0.6) is 0 Å². The van der Waals surface area contributed by atoms with E-state index < -0.39 is 5.60 Å². The highest BCUT2D eigenvalue weighted by molar-refractivity contribution is 5.69. The minimum absolute atomic E-state index is 0.170. The van der Waals surface area contributed by atoms with Gasteiger partial charge in [0.15, 0.2) is 0 Å². The highest BCUT2D eigenvalue weighted by Gasteiger charge is 2.34. The molecular weight excluding hydrogens is 220 g/mol. The average molecular weight is 242 g/mol. The molecule has 2 atom stereocenters. The fourth-order valence-electron chi connectivity index (χ4n) is 2.08. The maximum Gasteiger partial charge on any atom is 0.410 e. The van der Waals surface area contributed by atoms with Crippen LogP contribution in [-0.4, -0.2) is 42.1 Å². The van der Waals surface area contributed by atoms with Gasteiger partial charge in [0.1, 0.15) is 5.60 Å². The molecule has 0 bridgehead atoms. The van der Waals surface area contributed by atoms with E-state index in [2.05, 4.69) is 5.32 Å². The molecule has 1 saturated heterocycles. The van der Waals surface area contributed by atoms with E-state index in [-0.39, 0.29) is 12.1 Å². The third-order valence-electron chi connectivity index (χ3n) is 2.78. The second-order valence-electron chi connectivity index (χ2n) is 5.61. The van der Waals surface area contributed by atoms with Crippen molar-refractivity contribution in [3.05, 3.63) is 0 Å². The lowest BCUT2D eigenvalue weighted by Gasteiger charge is -2.27. The standard InChI is InChI=1S/C12H22N2O3/c1-9-5-10(6-13-8-15)7-14(9)11(16)17-12(2,3)4/h8-10H,5-7H2,1-4H3,(H,13,15)/t9-,10-/m1/s1. The Balaban J connectivity index is 2.49.